The Morgan fingerprint density at radius 2 is 2.12 bits per heavy atom. The number of tetrazole rings is 1. The van der Waals surface area contributed by atoms with E-state index in [9.17, 15) is 4.79 Å². The Labute approximate surface area is 153 Å². The average molecular weight is 368 g/mol. The van der Waals surface area contributed by atoms with Crippen LogP contribution in [0.25, 0.3) is 16.7 Å². The second-order valence-corrected chi connectivity index (χ2v) is 6.06. The van der Waals surface area contributed by atoms with Crippen molar-refractivity contribution < 1.29 is 4.79 Å². The lowest BCUT2D eigenvalue weighted by Crippen LogP contribution is -2.27. The molecule has 0 saturated carbocycles. The van der Waals surface area contributed by atoms with Gasteiger partial charge in [0.2, 0.25) is 0 Å². The number of para-hydroxylation sites is 2. The zero-order valence-electron chi connectivity index (χ0n) is 13.6. The van der Waals surface area contributed by atoms with E-state index in [0.717, 1.165) is 16.9 Å². The van der Waals surface area contributed by atoms with Crippen LogP contribution in [0, 0.1) is 0 Å². The van der Waals surface area contributed by atoms with Crippen molar-refractivity contribution in [1.29, 1.82) is 0 Å². The van der Waals surface area contributed by atoms with E-state index in [2.05, 4.69) is 30.8 Å². The minimum atomic E-state index is -0.255. The number of amides is 1. The van der Waals surface area contributed by atoms with Gasteiger partial charge in [-0.3, -0.25) is 4.79 Å². The molecule has 0 aliphatic carbocycles. The van der Waals surface area contributed by atoms with Gasteiger partial charge in [-0.05, 0) is 40.8 Å². The molecule has 9 heteroatoms. The predicted molar refractivity (Wildman–Crippen MR) is 96.3 cm³/mol. The molecule has 0 saturated heterocycles. The Kier molecular flexibility index (Phi) is 4.32. The maximum Gasteiger partial charge on any atom is 0.253 e. The number of aromatic amines is 1. The van der Waals surface area contributed by atoms with Gasteiger partial charge in [0.25, 0.3) is 5.91 Å². The summed E-state index contributed by atoms with van der Waals surface area (Å²) < 4.78 is 1.42. The van der Waals surface area contributed by atoms with Gasteiger partial charge in [-0.15, -0.1) is 5.10 Å². The molecule has 2 heterocycles. The predicted octanol–water partition coefficient (Wildman–Crippen LogP) is 2.16. The number of aromatic nitrogens is 6. The van der Waals surface area contributed by atoms with Crippen LogP contribution >= 0.6 is 11.6 Å². The molecule has 2 aromatic heterocycles. The Balaban J connectivity index is 1.47. The molecule has 130 valence electrons. The molecule has 1 amide bonds. The fourth-order valence-electron chi connectivity index (χ4n) is 2.68. The van der Waals surface area contributed by atoms with E-state index in [4.69, 9.17) is 11.6 Å². The maximum atomic E-state index is 12.6. The molecule has 4 rings (SSSR count). The number of carbonyl (C=O) groups is 1. The Bertz CT molecular complexity index is 1030. The third-order valence-corrected chi connectivity index (χ3v) is 4.12. The molecule has 0 atom stereocenters. The van der Waals surface area contributed by atoms with E-state index in [1.807, 2.05) is 24.3 Å². The largest absolute Gasteiger partial charge is 0.352 e. The molecule has 0 spiro atoms. The highest BCUT2D eigenvalue weighted by Crippen LogP contribution is 2.19. The number of imidazole rings is 1. The van der Waals surface area contributed by atoms with E-state index in [0.29, 0.717) is 29.2 Å². The molecule has 0 aliphatic heterocycles. The zero-order valence-corrected chi connectivity index (χ0v) is 14.3. The first-order valence-electron chi connectivity index (χ1n) is 7.95. The summed E-state index contributed by atoms with van der Waals surface area (Å²) in [6, 6.07) is 12.8. The van der Waals surface area contributed by atoms with E-state index in [-0.39, 0.29) is 5.91 Å². The molecule has 0 aliphatic rings. The zero-order chi connectivity index (χ0) is 17.9. The summed E-state index contributed by atoms with van der Waals surface area (Å²) in [7, 11) is 0. The lowest BCUT2D eigenvalue weighted by molar-refractivity contribution is 0.0954. The van der Waals surface area contributed by atoms with Gasteiger partial charge in [0.05, 0.1) is 22.3 Å². The first kappa shape index (κ1) is 16.2. The number of benzene rings is 2. The summed E-state index contributed by atoms with van der Waals surface area (Å²) in [5.74, 6) is 0.562. The summed E-state index contributed by atoms with van der Waals surface area (Å²) >= 11 is 6.04. The Morgan fingerprint density at radius 1 is 1.23 bits per heavy atom. The van der Waals surface area contributed by atoms with Crippen LogP contribution in [-0.4, -0.2) is 42.6 Å². The van der Waals surface area contributed by atoms with Gasteiger partial charge in [-0.1, -0.05) is 23.7 Å². The van der Waals surface area contributed by atoms with Crippen molar-refractivity contribution in [1.82, 2.24) is 35.5 Å². The SMILES string of the molecule is O=C(NCCc1nc2ccccc2[nH]1)c1cc(Cl)ccc1-n1cnnn1. The number of halogens is 1. The van der Waals surface area contributed by atoms with Crippen LogP contribution in [0.5, 0.6) is 0 Å². The van der Waals surface area contributed by atoms with Crippen LogP contribution in [0.4, 0.5) is 0 Å². The summed E-state index contributed by atoms with van der Waals surface area (Å²) in [6.45, 7) is 0.431. The van der Waals surface area contributed by atoms with Gasteiger partial charge in [-0.2, -0.15) is 4.68 Å². The third-order valence-electron chi connectivity index (χ3n) is 3.88. The molecule has 0 fully saturated rings. The molecule has 2 aromatic carbocycles. The highest BCUT2D eigenvalue weighted by Gasteiger charge is 2.14. The topological polar surface area (TPSA) is 101 Å². The van der Waals surface area contributed by atoms with E-state index < -0.39 is 0 Å². The molecule has 0 radical (unpaired) electrons. The van der Waals surface area contributed by atoms with Crippen LogP contribution < -0.4 is 5.32 Å². The van der Waals surface area contributed by atoms with Crippen molar-refractivity contribution in [3.63, 3.8) is 0 Å². The lowest BCUT2D eigenvalue weighted by Gasteiger charge is -2.09. The normalized spacial score (nSPS) is 11.0. The first-order valence-corrected chi connectivity index (χ1v) is 8.33. The van der Waals surface area contributed by atoms with Crippen LogP contribution in [-0.2, 0) is 6.42 Å². The van der Waals surface area contributed by atoms with Crippen molar-refractivity contribution in [3.05, 3.63) is 65.2 Å². The van der Waals surface area contributed by atoms with Crippen molar-refractivity contribution in [3.8, 4) is 5.69 Å². The summed E-state index contributed by atoms with van der Waals surface area (Å²) in [4.78, 5) is 20.3. The third kappa shape index (κ3) is 3.27. The van der Waals surface area contributed by atoms with Crippen LogP contribution in [0.3, 0.4) is 0 Å². The van der Waals surface area contributed by atoms with E-state index in [1.165, 1.54) is 11.0 Å². The standard InChI is InChI=1S/C17H14ClN7O/c18-11-5-6-15(25-10-20-23-24-25)12(9-11)17(26)19-8-7-16-21-13-3-1-2-4-14(13)22-16/h1-6,9-10H,7-8H2,(H,19,26)(H,21,22). The van der Waals surface area contributed by atoms with Crippen molar-refractivity contribution in [2.75, 3.05) is 6.54 Å². The summed E-state index contributed by atoms with van der Waals surface area (Å²) in [5.41, 5.74) is 2.84. The first-order chi connectivity index (χ1) is 12.7. The van der Waals surface area contributed by atoms with E-state index >= 15 is 0 Å². The van der Waals surface area contributed by atoms with Crippen LogP contribution in [0.1, 0.15) is 16.2 Å². The highest BCUT2D eigenvalue weighted by atomic mass is 35.5. The quantitative estimate of drug-likeness (QED) is 0.563. The fraction of sp³-hybridized carbons (Fsp3) is 0.118. The highest BCUT2D eigenvalue weighted by molar-refractivity contribution is 6.31. The fourth-order valence-corrected chi connectivity index (χ4v) is 2.85. The molecule has 26 heavy (non-hydrogen) atoms. The molecular weight excluding hydrogens is 354 g/mol. The molecule has 2 N–H and O–H groups in total. The number of H-pyrrole nitrogens is 1. The van der Waals surface area contributed by atoms with Crippen molar-refractivity contribution in [2.45, 2.75) is 6.42 Å². The smallest absolute Gasteiger partial charge is 0.253 e. The van der Waals surface area contributed by atoms with Gasteiger partial charge in [-0.25, -0.2) is 4.98 Å². The summed E-state index contributed by atoms with van der Waals surface area (Å²) in [6.07, 6.45) is 2.01. The second kappa shape index (κ2) is 6.93. The van der Waals surface area contributed by atoms with Gasteiger partial charge in [0.1, 0.15) is 12.2 Å². The molecule has 8 nitrogen and oxygen atoms in total. The van der Waals surface area contributed by atoms with Crippen LogP contribution in [0.15, 0.2) is 48.8 Å². The number of hydrogen-bond acceptors (Lipinski definition) is 5. The average Bonchev–Trinajstić information content (AvgIpc) is 3.30. The number of hydrogen-bond donors (Lipinski definition) is 2. The lowest BCUT2D eigenvalue weighted by atomic mass is 10.1. The van der Waals surface area contributed by atoms with Gasteiger partial charge < -0.3 is 10.3 Å². The van der Waals surface area contributed by atoms with Crippen molar-refractivity contribution in [2.24, 2.45) is 0 Å². The number of nitrogens with zero attached hydrogens (tertiary/aromatic N) is 5. The van der Waals surface area contributed by atoms with Gasteiger partial charge >= 0.3 is 0 Å². The maximum absolute atomic E-state index is 12.6. The monoisotopic (exact) mass is 367 g/mol. The number of fused-ring (bicyclic) bond motifs is 1. The number of nitrogens with one attached hydrogen (secondary N) is 2. The molecule has 0 bridgehead atoms. The minimum absolute atomic E-state index is 0.255. The Hall–Kier alpha value is -3.26. The van der Waals surface area contributed by atoms with Crippen molar-refractivity contribution >= 4 is 28.5 Å². The summed E-state index contributed by atoms with van der Waals surface area (Å²) in [5, 5.41) is 14.4. The molecule has 4 aromatic rings. The minimum Gasteiger partial charge on any atom is -0.352 e. The second-order valence-electron chi connectivity index (χ2n) is 5.62. The Morgan fingerprint density at radius 3 is 2.92 bits per heavy atom. The van der Waals surface area contributed by atoms with E-state index in [1.54, 1.807) is 18.2 Å². The number of carbonyl (C=O) groups excluding carboxylic acids is 1. The van der Waals surface area contributed by atoms with Crippen LogP contribution in [0.2, 0.25) is 5.02 Å². The molecular formula is C17H14ClN7O. The van der Waals surface area contributed by atoms with Gasteiger partial charge in [0, 0.05) is 18.0 Å². The molecule has 0 unspecified atom stereocenters. The van der Waals surface area contributed by atoms with Gasteiger partial charge in [0.15, 0.2) is 0 Å². The number of rotatable bonds is 5.